The van der Waals surface area contributed by atoms with Gasteiger partial charge in [0.05, 0.1) is 10.2 Å². The van der Waals surface area contributed by atoms with Crippen molar-refractivity contribution in [3.8, 4) is 0 Å². The minimum Gasteiger partial charge on any atom is -0.308 e. The second-order valence-corrected chi connectivity index (χ2v) is 9.84. The summed E-state index contributed by atoms with van der Waals surface area (Å²) >= 11 is 9.28. The normalized spacial score (nSPS) is 11.0. The van der Waals surface area contributed by atoms with Gasteiger partial charge in [-0.1, -0.05) is 29.0 Å². The fourth-order valence-electron chi connectivity index (χ4n) is 2.84. The Morgan fingerprint density at radius 1 is 1.13 bits per heavy atom. The first-order chi connectivity index (χ1) is 13.9. The number of amides is 1. The van der Waals surface area contributed by atoms with Crippen LogP contribution in [-0.4, -0.2) is 48.7 Å². The molecule has 3 aromatic rings. The Balaban J connectivity index is 0.00000320. The Morgan fingerprint density at radius 2 is 1.87 bits per heavy atom. The van der Waals surface area contributed by atoms with Gasteiger partial charge in [-0.05, 0) is 75.2 Å². The van der Waals surface area contributed by atoms with Crippen molar-refractivity contribution in [1.82, 2.24) is 9.88 Å². The first-order valence-corrected chi connectivity index (χ1v) is 11.8. The summed E-state index contributed by atoms with van der Waals surface area (Å²) in [6.07, 6.45) is 1.34. The number of fused-ring (bicyclic) bond motifs is 1. The third-order valence-corrected chi connectivity index (χ3v) is 6.84. The molecule has 0 aliphatic carbocycles. The molecule has 0 spiro atoms. The largest absolute Gasteiger partial charge is 0.308 e. The average molecular weight is 485 g/mol. The zero-order valence-corrected chi connectivity index (χ0v) is 20.6. The van der Waals surface area contributed by atoms with E-state index in [0.717, 1.165) is 39.1 Å². The minimum absolute atomic E-state index is 0. The van der Waals surface area contributed by atoms with Gasteiger partial charge in [0.25, 0.3) is 0 Å². The summed E-state index contributed by atoms with van der Waals surface area (Å²) in [5, 5.41) is 1.54. The highest BCUT2D eigenvalue weighted by molar-refractivity contribution is 7.99. The van der Waals surface area contributed by atoms with Crippen molar-refractivity contribution in [1.29, 1.82) is 0 Å². The number of hydrogen-bond acceptors (Lipinski definition) is 5. The molecule has 0 N–H and O–H groups in total. The molecule has 0 saturated carbocycles. The maximum Gasteiger partial charge on any atom is 0.228 e. The standard InChI is InChI=1S/C22H26ClN3OS2.ClH/c1-16-6-11-19-20(15-16)29-22(24-19)26(13-12-25(2)3)21(27)5-4-14-28-18-9-7-17(23)8-10-18;/h6-11,15H,4-5,12-14H2,1-3H3;1H. The van der Waals surface area contributed by atoms with Gasteiger partial charge < -0.3 is 4.90 Å². The fraction of sp³-hybridized carbons (Fsp3) is 0.364. The third-order valence-electron chi connectivity index (χ3n) is 4.45. The highest BCUT2D eigenvalue weighted by atomic mass is 35.5. The van der Waals surface area contributed by atoms with Gasteiger partial charge in [-0.15, -0.1) is 24.2 Å². The van der Waals surface area contributed by atoms with Crippen LogP contribution >= 0.6 is 47.1 Å². The zero-order chi connectivity index (χ0) is 20.8. The number of thiazole rings is 1. The van der Waals surface area contributed by atoms with E-state index in [0.29, 0.717) is 13.0 Å². The van der Waals surface area contributed by atoms with Gasteiger partial charge in [-0.2, -0.15) is 0 Å². The number of hydrogen-bond donors (Lipinski definition) is 0. The number of benzene rings is 2. The number of rotatable bonds is 9. The van der Waals surface area contributed by atoms with Crippen molar-refractivity contribution in [3.05, 3.63) is 53.1 Å². The number of halogens is 2. The Kier molecular flexibility index (Phi) is 9.91. The van der Waals surface area contributed by atoms with Crippen LogP contribution in [0.1, 0.15) is 18.4 Å². The van der Waals surface area contributed by atoms with E-state index in [4.69, 9.17) is 16.6 Å². The lowest BCUT2D eigenvalue weighted by Crippen LogP contribution is -2.36. The number of carbonyl (C=O) groups is 1. The molecule has 0 atom stereocenters. The van der Waals surface area contributed by atoms with E-state index in [2.05, 4.69) is 24.0 Å². The molecular formula is C22H27Cl2N3OS2. The lowest BCUT2D eigenvalue weighted by molar-refractivity contribution is -0.118. The molecule has 162 valence electrons. The molecule has 1 aromatic heterocycles. The summed E-state index contributed by atoms with van der Waals surface area (Å²) in [5.74, 6) is 1.04. The molecule has 0 radical (unpaired) electrons. The van der Waals surface area contributed by atoms with Crippen LogP contribution in [0.5, 0.6) is 0 Å². The van der Waals surface area contributed by atoms with Crippen LogP contribution in [0, 0.1) is 6.92 Å². The van der Waals surface area contributed by atoms with Gasteiger partial charge in [0, 0.05) is 29.4 Å². The van der Waals surface area contributed by atoms with Crippen molar-refractivity contribution in [2.45, 2.75) is 24.7 Å². The number of nitrogens with zero attached hydrogens (tertiary/aromatic N) is 3. The summed E-state index contributed by atoms with van der Waals surface area (Å²) in [6, 6.07) is 14.0. The molecule has 0 fully saturated rings. The van der Waals surface area contributed by atoms with Crippen molar-refractivity contribution >= 4 is 68.4 Å². The van der Waals surface area contributed by atoms with Gasteiger partial charge in [-0.3, -0.25) is 9.69 Å². The molecule has 2 aromatic carbocycles. The predicted molar refractivity (Wildman–Crippen MR) is 134 cm³/mol. The maximum absolute atomic E-state index is 13.0. The molecule has 3 rings (SSSR count). The Hall–Kier alpha value is -1.31. The van der Waals surface area contributed by atoms with Gasteiger partial charge in [0.2, 0.25) is 5.91 Å². The molecular weight excluding hydrogens is 457 g/mol. The molecule has 8 heteroatoms. The third kappa shape index (κ3) is 7.13. The predicted octanol–water partition coefficient (Wildman–Crippen LogP) is 6.15. The van der Waals surface area contributed by atoms with Crippen molar-refractivity contribution in [2.75, 3.05) is 37.8 Å². The first-order valence-electron chi connectivity index (χ1n) is 9.63. The Morgan fingerprint density at radius 3 is 2.57 bits per heavy atom. The summed E-state index contributed by atoms with van der Waals surface area (Å²) in [5.41, 5.74) is 2.16. The highest BCUT2D eigenvalue weighted by Crippen LogP contribution is 2.30. The summed E-state index contributed by atoms with van der Waals surface area (Å²) in [4.78, 5) is 22.8. The Labute approximate surface area is 198 Å². The SMILES string of the molecule is Cc1ccc2nc(N(CCN(C)C)C(=O)CCCSc3ccc(Cl)cc3)sc2c1.Cl. The van der Waals surface area contributed by atoms with Crippen LogP contribution in [0.4, 0.5) is 5.13 Å². The Bertz CT molecular complexity index is 961. The topological polar surface area (TPSA) is 36.4 Å². The molecule has 0 unspecified atom stereocenters. The zero-order valence-electron chi connectivity index (χ0n) is 17.4. The van der Waals surface area contributed by atoms with E-state index in [1.165, 1.54) is 10.5 Å². The molecule has 0 aliphatic heterocycles. The van der Waals surface area contributed by atoms with Crippen molar-refractivity contribution in [2.24, 2.45) is 0 Å². The number of thioether (sulfide) groups is 1. The molecule has 1 amide bonds. The first kappa shape index (κ1) is 25.0. The summed E-state index contributed by atoms with van der Waals surface area (Å²) in [7, 11) is 4.04. The molecule has 0 aliphatic rings. The van der Waals surface area contributed by atoms with Gasteiger partial charge in [0.1, 0.15) is 0 Å². The van der Waals surface area contributed by atoms with Crippen LogP contribution in [0.25, 0.3) is 10.2 Å². The van der Waals surface area contributed by atoms with E-state index >= 15 is 0 Å². The van der Waals surface area contributed by atoms with E-state index in [1.54, 1.807) is 23.1 Å². The number of anilines is 1. The van der Waals surface area contributed by atoms with E-state index < -0.39 is 0 Å². The maximum atomic E-state index is 13.0. The summed E-state index contributed by atoms with van der Waals surface area (Å²) < 4.78 is 1.13. The lowest BCUT2D eigenvalue weighted by Gasteiger charge is -2.22. The van der Waals surface area contributed by atoms with E-state index in [9.17, 15) is 4.79 Å². The molecule has 0 saturated heterocycles. The molecule has 30 heavy (non-hydrogen) atoms. The van der Waals surface area contributed by atoms with E-state index in [1.807, 2.05) is 49.3 Å². The van der Waals surface area contributed by atoms with Gasteiger partial charge in [0.15, 0.2) is 5.13 Å². The monoisotopic (exact) mass is 483 g/mol. The minimum atomic E-state index is 0. The van der Waals surface area contributed by atoms with Crippen LogP contribution in [0.15, 0.2) is 47.4 Å². The second kappa shape index (κ2) is 11.9. The highest BCUT2D eigenvalue weighted by Gasteiger charge is 2.19. The lowest BCUT2D eigenvalue weighted by atomic mass is 10.2. The van der Waals surface area contributed by atoms with Gasteiger partial charge >= 0.3 is 0 Å². The number of likely N-dealkylation sites (N-methyl/N-ethyl adjacent to an activating group) is 1. The molecule has 4 nitrogen and oxygen atoms in total. The van der Waals surface area contributed by atoms with Crippen molar-refractivity contribution < 1.29 is 4.79 Å². The number of carbonyl (C=O) groups excluding carboxylic acids is 1. The van der Waals surface area contributed by atoms with E-state index in [-0.39, 0.29) is 18.3 Å². The van der Waals surface area contributed by atoms with Crippen LogP contribution in [-0.2, 0) is 4.79 Å². The number of aryl methyl sites for hydroxylation is 1. The summed E-state index contributed by atoms with van der Waals surface area (Å²) in [6.45, 7) is 3.53. The second-order valence-electron chi connectivity index (χ2n) is 7.22. The molecule has 1 heterocycles. The van der Waals surface area contributed by atoms with Crippen LogP contribution < -0.4 is 4.90 Å². The van der Waals surface area contributed by atoms with Crippen LogP contribution in [0.2, 0.25) is 5.02 Å². The number of aromatic nitrogens is 1. The van der Waals surface area contributed by atoms with Crippen molar-refractivity contribution in [3.63, 3.8) is 0 Å². The fourth-order valence-corrected chi connectivity index (χ4v) is 4.93. The van der Waals surface area contributed by atoms with Crippen LogP contribution in [0.3, 0.4) is 0 Å². The smallest absolute Gasteiger partial charge is 0.228 e. The van der Waals surface area contributed by atoms with Gasteiger partial charge in [-0.25, -0.2) is 4.98 Å². The quantitative estimate of drug-likeness (QED) is 0.270. The molecule has 0 bridgehead atoms. The average Bonchev–Trinajstić information content (AvgIpc) is 3.09.